The van der Waals surface area contributed by atoms with Crippen LogP contribution in [0.25, 0.3) is 0 Å². The summed E-state index contributed by atoms with van der Waals surface area (Å²) in [6.07, 6.45) is -2.51. The summed E-state index contributed by atoms with van der Waals surface area (Å²) in [5.74, 6) is -1.23. The number of rotatable bonds is 8. The number of alkyl halides is 3. The Morgan fingerprint density at radius 3 is 2.31 bits per heavy atom. The second-order valence-electron chi connectivity index (χ2n) is 12.7. The molecule has 3 heterocycles. The number of hydrogen-bond acceptors (Lipinski definition) is 12. The lowest BCUT2D eigenvalue weighted by Gasteiger charge is -2.22. The number of ether oxygens (including phenoxy) is 4. The van der Waals surface area contributed by atoms with Gasteiger partial charge in [-0.3, -0.25) is 4.79 Å². The van der Waals surface area contributed by atoms with Crippen LogP contribution in [-0.2, 0) is 16.1 Å². The van der Waals surface area contributed by atoms with Crippen LogP contribution < -0.4 is 35.5 Å². The van der Waals surface area contributed by atoms with E-state index in [1.807, 2.05) is 24.3 Å². The average molecular weight is 734 g/mol. The van der Waals surface area contributed by atoms with Gasteiger partial charge in [0.2, 0.25) is 11.9 Å². The van der Waals surface area contributed by atoms with Gasteiger partial charge in [0, 0.05) is 24.8 Å². The molecule has 3 aromatic rings. The van der Waals surface area contributed by atoms with Crippen LogP contribution in [0.5, 0.6) is 17.5 Å². The molecule has 2 amide bonds. The lowest BCUT2D eigenvalue weighted by atomic mass is 10.1. The molecule has 1 unspecified atom stereocenters. The fraction of sp³-hybridized carbons (Fsp3) is 0.471. The zero-order valence-corrected chi connectivity index (χ0v) is 29.0. The van der Waals surface area contributed by atoms with Crippen LogP contribution in [0.4, 0.5) is 35.5 Å². The fourth-order valence-electron chi connectivity index (χ4n) is 4.69. The highest BCUT2D eigenvalue weighted by atomic mass is 19.4. The molecule has 1 atom stereocenters. The van der Waals surface area contributed by atoms with Gasteiger partial charge in [-0.15, -0.1) is 0 Å². The van der Waals surface area contributed by atoms with Crippen molar-refractivity contribution in [3.63, 3.8) is 0 Å². The minimum absolute atomic E-state index is 0.0609. The lowest BCUT2D eigenvalue weighted by Crippen LogP contribution is -2.45. The minimum Gasteiger partial charge on any atom is -0.494 e. The highest BCUT2D eigenvalue weighted by Crippen LogP contribution is 2.27. The standard InChI is InChI=1S/C34H42F3N7O8/c1-33(2,3)52-32(48)41-25(28(46)47)14-15-38-27(45)24-13-10-22-18-26(24)50-17-7-5-4-6-16-49-23-11-8-21(9-12-23)19-39-29-42-30(40-22)44-31(43-29)51-20-34(35,36)37/h8-13,18,25H,4-7,14-17,19-20H2,1-3H3,(H,38,45)(H,41,48)(H,46,47)(H2,39,40,42,43,44). The van der Waals surface area contributed by atoms with Crippen molar-refractivity contribution < 1.29 is 51.6 Å². The molecule has 5 N–H and O–H groups in total. The molecule has 2 aromatic carbocycles. The normalized spacial score (nSPS) is 14.5. The number of benzene rings is 2. The van der Waals surface area contributed by atoms with Crippen molar-refractivity contribution in [2.24, 2.45) is 0 Å². The number of nitrogens with one attached hydrogen (secondary N) is 4. The molecule has 0 saturated carbocycles. The van der Waals surface area contributed by atoms with E-state index in [4.69, 9.17) is 18.9 Å². The number of amides is 2. The second-order valence-corrected chi connectivity index (χ2v) is 12.7. The number of carbonyl (C=O) groups excluding carboxylic acids is 2. The zero-order chi connectivity index (χ0) is 37.7. The summed E-state index contributed by atoms with van der Waals surface area (Å²) in [6, 6.07) is 9.88. The Labute approximate surface area is 298 Å². The maximum absolute atomic E-state index is 13.3. The first-order chi connectivity index (χ1) is 24.6. The largest absolute Gasteiger partial charge is 0.494 e. The molecule has 0 spiro atoms. The number of alkyl carbamates (subject to hydrolysis) is 1. The van der Waals surface area contributed by atoms with E-state index in [9.17, 15) is 32.7 Å². The highest BCUT2D eigenvalue weighted by molar-refractivity contribution is 5.97. The summed E-state index contributed by atoms with van der Waals surface area (Å²) in [4.78, 5) is 49.4. The number of nitrogens with zero attached hydrogens (tertiary/aromatic N) is 3. The quantitative estimate of drug-likeness (QED) is 0.192. The Hall–Kier alpha value is -5.55. The predicted molar refractivity (Wildman–Crippen MR) is 182 cm³/mol. The van der Waals surface area contributed by atoms with Gasteiger partial charge in [0.1, 0.15) is 23.1 Å². The van der Waals surface area contributed by atoms with E-state index in [0.717, 1.165) is 24.8 Å². The molecular weight excluding hydrogens is 691 g/mol. The number of carbonyl (C=O) groups is 3. The summed E-state index contributed by atoms with van der Waals surface area (Å²) >= 11 is 0. The van der Waals surface area contributed by atoms with E-state index in [-0.39, 0.29) is 49.3 Å². The van der Waals surface area contributed by atoms with Crippen molar-refractivity contribution in [2.75, 3.05) is 37.0 Å². The van der Waals surface area contributed by atoms with Crippen molar-refractivity contribution in [1.29, 1.82) is 0 Å². The number of carboxylic acid groups (broad SMARTS) is 1. The average Bonchev–Trinajstić information content (AvgIpc) is 3.06. The Balaban J connectivity index is 1.54. The molecule has 18 heteroatoms. The fourth-order valence-corrected chi connectivity index (χ4v) is 4.69. The number of hydrogen-bond donors (Lipinski definition) is 5. The number of aliphatic carboxylic acids is 1. The SMILES string of the molecule is CC(C)(C)OC(=O)NC(CCNC(=O)c1ccc2cc1OCCCCCCOc1ccc(cc1)CNc1nc(nc(OCC(F)(F)F)n1)N2)C(=O)O. The van der Waals surface area contributed by atoms with E-state index in [0.29, 0.717) is 24.5 Å². The molecule has 2 aliphatic heterocycles. The van der Waals surface area contributed by atoms with Crippen molar-refractivity contribution in [2.45, 2.75) is 77.2 Å². The van der Waals surface area contributed by atoms with Crippen molar-refractivity contribution in [1.82, 2.24) is 25.6 Å². The molecule has 0 saturated heterocycles. The van der Waals surface area contributed by atoms with Crippen LogP contribution in [0, 0.1) is 0 Å². The third-order valence-corrected chi connectivity index (χ3v) is 7.11. The molecule has 1 aromatic heterocycles. The zero-order valence-electron chi connectivity index (χ0n) is 29.0. The number of fused-ring (bicyclic) bond motifs is 10. The van der Waals surface area contributed by atoms with Gasteiger partial charge in [-0.05, 0) is 82.7 Å². The molecule has 2 aliphatic rings. The molecule has 0 fully saturated rings. The smallest absolute Gasteiger partial charge is 0.422 e. The molecule has 15 nitrogen and oxygen atoms in total. The summed E-state index contributed by atoms with van der Waals surface area (Å²) in [5.41, 5.74) is 0.454. The van der Waals surface area contributed by atoms with Crippen molar-refractivity contribution in [3.05, 3.63) is 53.6 Å². The molecular formula is C34H42F3N7O8. The Bertz CT molecular complexity index is 1670. The number of halogens is 3. The van der Waals surface area contributed by atoms with Gasteiger partial charge in [-0.2, -0.15) is 28.1 Å². The van der Waals surface area contributed by atoms with Gasteiger partial charge < -0.3 is 45.3 Å². The summed E-state index contributed by atoms with van der Waals surface area (Å²) in [5, 5.41) is 20.4. The first kappa shape index (κ1) is 39.2. The highest BCUT2D eigenvalue weighted by Gasteiger charge is 2.29. The Morgan fingerprint density at radius 2 is 1.63 bits per heavy atom. The molecule has 0 aliphatic carbocycles. The summed E-state index contributed by atoms with van der Waals surface area (Å²) < 4.78 is 60.6. The van der Waals surface area contributed by atoms with E-state index < -0.39 is 48.4 Å². The lowest BCUT2D eigenvalue weighted by molar-refractivity contribution is -0.154. The van der Waals surface area contributed by atoms with Gasteiger partial charge in [-0.1, -0.05) is 12.1 Å². The Kier molecular flexibility index (Phi) is 13.7. The van der Waals surface area contributed by atoms with Crippen LogP contribution >= 0.6 is 0 Å². The van der Waals surface area contributed by atoms with Gasteiger partial charge >= 0.3 is 24.2 Å². The first-order valence-electron chi connectivity index (χ1n) is 16.6. The van der Waals surface area contributed by atoms with Crippen LogP contribution in [0.3, 0.4) is 0 Å². The first-order valence-corrected chi connectivity index (χ1v) is 16.6. The van der Waals surface area contributed by atoms with E-state index in [1.165, 1.54) is 18.2 Å². The molecule has 6 bridgehead atoms. The minimum atomic E-state index is -4.63. The third kappa shape index (κ3) is 13.6. The van der Waals surface area contributed by atoms with E-state index in [1.54, 1.807) is 20.8 Å². The van der Waals surface area contributed by atoms with Crippen LogP contribution in [0.1, 0.15) is 68.8 Å². The summed E-state index contributed by atoms with van der Waals surface area (Å²) in [7, 11) is 0. The molecule has 5 rings (SSSR count). The second kappa shape index (κ2) is 18.1. The van der Waals surface area contributed by atoms with Gasteiger partial charge in [0.15, 0.2) is 6.61 Å². The molecule has 282 valence electrons. The van der Waals surface area contributed by atoms with E-state index in [2.05, 4.69) is 36.2 Å². The van der Waals surface area contributed by atoms with Gasteiger partial charge in [0.05, 0.1) is 18.8 Å². The third-order valence-electron chi connectivity index (χ3n) is 7.11. The summed E-state index contributed by atoms with van der Waals surface area (Å²) in [6.45, 7) is 4.18. The molecule has 0 radical (unpaired) electrons. The van der Waals surface area contributed by atoms with Crippen LogP contribution in [-0.4, -0.2) is 82.2 Å². The number of aromatic nitrogens is 3. The van der Waals surface area contributed by atoms with Gasteiger partial charge in [0.25, 0.3) is 5.91 Å². The number of carboxylic acids is 1. The maximum Gasteiger partial charge on any atom is 0.422 e. The van der Waals surface area contributed by atoms with Gasteiger partial charge in [-0.25, -0.2) is 9.59 Å². The Morgan fingerprint density at radius 1 is 0.942 bits per heavy atom. The van der Waals surface area contributed by atoms with Crippen molar-refractivity contribution >= 4 is 35.6 Å². The number of anilines is 3. The van der Waals surface area contributed by atoms with E-state index >= 15 is 0 Å². The topological polar surface area (TPSA) is 195 Å². The molecule has 52 heavy (non-hydrogen) atoms. The van der Waals surface area contributed by atoms with Crippen LogP contribution in [0.15, 0.2) is 42.5 Å². The maximum atomic E-state index is 13.3. The van der Waals surface area contributed by atoms with Crippen LogP contribution in [0.2, 0.25) is 0 Å². The monoisotopic (exact) mass is 733 g/mol. The predicted octanol–water partition coefficient (Wildman–Crippen LogP) is 5.60. The van der Waals surface area contributed by atoms with Crippen molar-refractivity contribution in [3.8, 4) is 17.5 Å².